The van der Waals surface area contributed by atoms with Crippen LogP contribution < -0.4 is 10.1 Å². The number of carbonyl (C=O) groups excluding carboxylic acids is 2. The predicted molar refractivity (Wildman–Crippen MR) is 102 cm³/mol. The monoisotopic (exact) mass is 354 g/mol. The summed E-state index contributed by atoms with van der Waals surface area (Å²) in [7, 11) is 1.61. The largest absolute Gasteiger partial charge is 0.497 e. The van der Waals surface area contributed by atoms with Gasteiger partial charge in [-0.2, -0.15) is 0 Å². The zero-order valence-corrected chi connectivity index (χ0v) is 15.6. The van der Waals surface area contributed by atoms with Crippen molar-refractivity contribution in [1.82, 2.24) is 10.2 Å². The zero-order valence-electron chi connectivity index (χ0n) is 15.6. The minimum Gasteiger partial charge on any atom is -0.497 e. The van der Waals surface area contributed by atoms with Crippen LogP contribution in [0, 0.1) is 0 Å². The molecule has 0 heterocycles. The second kappa shape index (κ2) is 9.61. The molecule has 0 aromatic heterocycles. The second-order valence-electron chi connectivity index (χ2n) is 6.10. The summed E-state index contributed by atoms with van der Waals surface area (Å²) in [5.41, 5.74) is 1.98. The Bertz CT molecular complexity index is 714. The Morgan fingerprint density at radius 1 is 1.04 bits per heavy atom. The minimum atomic E-state index is -0.548. The molecule has 2 amide bonds. The Morgan fingerprint density at radius 2 is 1.69 bits per heavy atom. The fraction of sp³-hybridized carbons (Fsp3) is 0.333. The van der Waals surface area contributed by atoms with E-state index in [2.05, 4.69) is 5.32 Å². The first-order chi connectivity index (χ1) is 12.5. The Kier molecular flexibility index (Phi) is 7.21. The molecule has 0 aliphatic rings. The molecule has 0 radical (unpaired) electrons. The molecule has 2 rings (SSSR count). The standard InChI is InChI=1S/C21H26N2O3/c1-4-20(24)23(15-18-10-12-19(26-3)13-11-18)16(2)21(25)22-14-17-8-6-5-7-9-17/h5-13,16H,4,14-15H2,1-3H3,(H,22,25)/t16-/m0/s1. The smallest absolute Gasteiger partial charge is 0.242 e. The van der Waals surface area contributed by atoms with Crippen LogP contribution in [0.5, 0.6) is 5.75 Å². The van der Waals surface area contributed by atoms with Gasteiger partial charge in [0.15, 0.2) is 0 Å². The maximum Gasteiger partial charge on any atom is 0.242 e. The van der Waals surface area contributed by atoms with E-state index in [4.69, 9.17) is 4.74 Å². The number of benzene rings is 2. The quantitative estimate of drug-likeness (QED) is 0.792. The highest BCUT2D eigenvalue weighted by Crippen LogP contribution is 2.15. The van der Waals surface area contributed by atoms with Crippen LogP contribution in [-0.2, 0) is 22.7 Å². The third kappa shape index (κ3) is 5.34. The minimum absolute atomic E-state index is 0.0526. The highest BCUT2D eigenvalue weighted by molar-refractivity contribution is 5.87. The van der Waals surface area contributed by atoms with E-state index in [1.165, 1.54) is 0 Å². The average Bonchev–Trinajstić information content (AvgIpc) is 2.70. The first kappa shape index (κ1) is 19.5. The van der Waals surface area contributed by atoms with E-state index < -0.39 is 6.04 Å². The van der Waals surface area contributed by atoms with Crippen molar-refractivity contribution in [2.75, 3.05) is 7.11 Å². The van der Waals surface area contributed by atoms with Gasteiger partial charge in [-0.15, -0.1) is 0 Å². The summed E-state index contributed by atoms with van der Waals surface area (Å²) in [5, 5.41) is 2.91. The number of ether oxygens (including phenoxy) is 1. The van der Waals surface area contributed by atoms with E-state index >= 15 is 0 Å². The summed E-state index contributed by atoms with van der Waals surface area (Å²) in [6, 6.07) is 16.7. The fourth-order valence-electron chi connectivity index (χ4n) is 2.65. The van der Waals surface area contributed by atoms with Gasteiger partial charge < -0.3 is 15.0 Å². The van der Waals surface area contributed by atoms with Gasteiger partial charge in [-0.1, -0.05) is 49.4 Å². The topological polar surface area (TPSA) is 58.6 Å². The van der Waals surface area contributed by atoms with E-state index in [1.807, 2.05) is 54.6 Å². The lowest BCUT2D eigenvalue weighted by atomic mass is 10.1. The molecule has 2 aromatic rings. The number of rotatable bonds is 8. The lowest BCUT2D eigenvalue weighted by Crippen LogP contribution is -2.47. The molecule has 2 aromatic carbocycles. The van der Waals surface area contributed by atoms with Crippen molar-refractivity contribution in [3.05, 3.63) is 65.7 Å². The zero-order chi connectivity index (χ0) is 18.9. The van der Waals surface area contributed by atoms with Crippen LogP contribution in [-0.4, -0.2) is 29.9 Å². The summed E-state index contributed by atoms with van der Waals surface area (Å²) in [6.45, 7) is 4.40. The Hall–Kier alpha value is -2.82. The van der Waals surface area contributed by atoms with Gasteiger partial charge >= 0.3 is 0 Å². The maximum absolute atomic E-state index is 12.5. The highest BCUT2D eigenvalue weighted by Gasteiger charge is 2.24. The third-order valence-electron chi connectivity index (χ3n) is 4.29. The summed E-state index contributed by atoms with van der Waals surface area (Å²) in [6.07, 6.45) is 0.354. The van der Waals surface area contributed by atoms with E-state index in [-0.39, 0.29) is 11.8 Å². The molecule has 5 nitrogen and oxygen atoms in total. The van der Waals surface area contributed by atoms with Crippen LogP contribution in [0.4, 0.5) is 0 Å². The first-order valence-corrected chi connectivity index (χ1v) is 8.79. The summed E-state index contributed by atoms with van der Waals surface area (Å²) in [5.74, 6) is 0.545. The molecular weight excluding hydrogens is 328 g/mol. The van der Waals surface area contributed by atoms with Gasteiger partial charge in [-0.05, 0) is 30.2 Å². The second-order valence-corrected chi connectivity index (χ2v) is 6.10. The van der Waals surface area contributed by atoms with Crippen molar-refractivity contribution < 1.29 is 14.3 Å². The third-order valence-corrected chi connectivity index (χ3v) is 4.29. The van der Waals surface area contributed by atoms with E-state index in [9.17, 15) is 9.59 Å². The average molecular weight is 354 g/mol. The molecule has 1 atom stereocenters. The Balaban J connectivity index is 2.04. The van der Waals surface area contributed by atoms with Crippen LogP contribution in [0.15, 0.2) is 54.6 Å². The van der Waals surface area contributed by atoms with E-state index in [0.717, 1.165) is 16.9 Å². The van der Waals surface area contributed by atoms with Gasteiger partial charge in [0.05, 0.1) is 7.11 Å². The van der Waals surface area contributed by atoms with Gasteiger partial charge in [-0.3, -0.25) is 9.59 Å². The number of hydrogen-bond donors (Lipinski definition) is 1. The Labute approximate surface area is 155 Å². The van der Waals surface area contributed by atoms with Crippen molar-refractivity contribution in [3.8, 4) is 5.75 Å². The molecule has 5 heteroatoms. The van der Waals surface area contributed by atoms with Crippen LogP contribution in [0.25, 0.3) is 0 Å². The number of nitrogens with one attached hydrogen (secondary N) is 1. The van der Waals surface area contributed by atoms with Crippen molar-refractivity contribution in [2.45, 2.75) is 39.4 Å². The van der Waals surface area contributed by atoms with Gasteiger partial charge in [0.2, 0.25) is 11.8 Å². The van der Waals surface area contributed by atoms with Crippen molar-refractivity contribution in [1.29, 1.82) is 0 Å². The lowest BCUT2D eigenvalue weighted by molar-refractivity contribution is -0.140. The molecule has 0 unspecified atom stereocenters. The molecule has 0 bridgehead atoms. The molecule has 0 aliphatic carbocycles. The normalized spacial score (nSPS) is 11.5. The fourth-order valence-corrected chi connectivity index (χ4v) is 2.65. The number of hydrogen-bond acceptors (Lipinski definition) is 3. The molecule has 26 heavy (non-hydrogen) atoms. The first-order valence-electron chi connectivity index (χ1n) is 8.79. The van der Waals surface area contributed by atoms with Crippen LogP contribution in [0.1, 0.15) is 31.4 Å². The van der Waals surface area contributed by atoms with E-state index in [1.54, 1.807) is 25.9 Å². The molecule has 0 saturated carbocycles. The van der Waals surface area contributed by atoms with Crippen molar-refractivity contribution in [2.24, 2.45) is 0 Å². The molecule has 0 spiro atoms. The number of nitrogens with zero attached hydrogens (tertiary/aromatic N) is 1. The molecule has 0 fully saturated rings. The maximum atomic E-state index is 12.5. The molecular formula is C21H26N2O3. The molecule has 1 N–H and O–H groups in total. The van der Waals surface area contributed by atoms with Crippen LogP contribution in [0.2, 0.25) is 0 Å². The summed E-state index contributed by atoms with van der Waals surface area (Å²) in [4.78, 5) is 26.5. The van der Waals surface area contributed by atoms with E-state index in [0.29, 0.717) is 19.5 Å². The molecule has 0 aliphatic heterocycles. The predicted octanol–water partition coefficient (Wildman–Crippen LogP) is 3.14. The van der Waals surface area contributed by atoms with Gasteiger partial charge in [0.25, 0.3) is 0 Å². The SMILES string of the molecule is CCC(=O)N(Cc1ccc(OC)cc1)[C@@H](C)C(=O)NCc1ccccc1. The van der Waals surface area contributed by atoms with Crippen LogP contribution >= 0.6 is 0 Å². The highest BCUT2D eigenvalue weighted by atomic mass is 16.5. The number of carbonyl (C=O) groups is 2. The Morgan fingerprint density at radius 3 is 2.27 bits per heavy atom. The van der Waals surface area contributed by atoms with Gasteiger partial charge in [-0.25, -0.2) is 0 Å². The van der Waals surface area contributed by atoms with Gasteiger partial charge in [0, 0.05) is 19.5 Å². The number of methoxy groups -OCH3 is 1. The molecule has 138 valence electrons. The molecule has 0 saturated heterocycles. The number of amides is 2. The summed E-state index contributed by atoms with van der Waals surface area (Å²) < 4.78 is 5.16. The van der Waals surface area contributed by atoms with Crippen molar-refractivity contribution >= 4 is 11.8 Å². The lowest BCUT2D eigenvalue weighted by Gasteiger charge is -2.28. The van der Waals surface area contributed by atoms with Crippen LogP contribution in [0.3, 0.4) is 0 Å². The van der Waals surface area contributed by atoms with Gasteiger partial charge in [0.1, 0.15) is 11.8 Å². The summed E-state index contributed by atoms with van der Waals surface area (Å²) >= 11 is 0. The van der Waals surface area contributed by atoms with Crippen molar-refractivity contribution in [3.63, 3.8) is 0 Å².